The summed E-state index contributed by atoms with van der Waals surface area (Å²) in [7, 11) is 1.53. The lowest BCUT2D eigenvalue weighted by Crippen LogP contribution is -2.42. The van der Waals surface area contributed by atoms with E-state index in [4.69, 9.17) is 20.9 Å². The number of hydrogen-bond acceptors (Lipinski definition) is 5. The number of hydrogen-bond donors (Lipinski definition) is 1. The molecule has 0 aliphatic heterocycles. The topological polar surface area (TPSA) is 84.7 Å². The fourth-order valence-corrected chi connectivity index (χ4v) is 2.27. The number of amides is 2. The quantitative estimate of drug-likeness (QED) is 0.850. The molecule has 1 aromatic heterocycles. The number of nitrogens with zero attached hydrogens (tertiary/aromatic N) is 2. The van der Waals surface area contributed by atoms with Crippen molar-refractivity contribution in [1.29, 1.82) is 0 Å². The predicted molar refractivity (Wildman–Crippen MR) is 93.8 cm³/mol. The van der Waals surface area contributed by atoms with E-state index in [9.17, 15) is 9.59 Å². The summed E-state index contributed by atoms with van der Waals surface area (Å²) in [6.45, 7) is 5.07. The number of halogens is 1. The summed E-state index contributed by atoms with van der Waals surface area (Å²) in [5.74, 6) is 0.737. The highest BCUT2D eigenvalue weighted by Crippen LogP contribution is 2.22. The van der Waals surface area contributed by atoms with Gasteiger partial charge < -0.3 is 19.5 Å². The second kappa shape index (κ2) is 8.02. The number of aryl methyl sites for hydroxylation is 2. The molecule has 0 fully saturated rings. The molecule has 1 unspecified atom stereocenters. The first-order valence-electron chi connectivity index (χ1n) is 7.67. The number of ether oxygens (including phenoxy) is 1. The SMILES string of the molecule is Cc1cc(NC(=O)CN(C)C(=O)C(C)Oc2ccc(Cl)c(C)c2)no1. The predicted octanol–water partition coefficient (Wildman–Crippen LogP) is 2.81. The highest BCUT2D eigenvalue weighted by Gasteiger charge is 2.21. The Bertz CT molecular complexity index is 775. The maximum atomic E-state index is 12.4. The zero-order valence-electron chi connectivity index (χ0n) is 14.5. The number of carbonyl (C=O) groups is 2. The van der Waals surface area contributed by atoms with Gasteiger partial charge in [0, 0.05) is 18.1 Å². The minimum atomic E-state index is -0.743. The van der Waals surface area contributed by atoms with Crippen molar-refractivity contribution in [3.63, 3.8) is 0 Å². The molecule has 25 heavy (non-hydrogen) atoms. The normalized spacial score (nSPS) is 11.7. The molecule has 1 atom stereocenters. The largest absolute Gasteiger partial charge is 0.481 e. The summed E-state index contributed by atoms with van der Waals surface area (Å²) in [6.07, 6.45) is -0.743. The van der Waals surface area contributed by atoms with Crippen LogP contribution in [0.2, 0.25) is 5.02 Å². The molecule has 2 amide bonds. The Balaban J connectivity index is 1.89. The molecule has 2 aromatic rings. The lowest BCUT2D eigenvalue weighted by Gasteiger charge is -2.21. The fraction of sp³-hybridized carbons (Fsp3) is 0.353. The van der Waals surface area contributed by atoms with Crippen molar-refractivity contribution in [3.05, 3.63) is 40.6 Å². The third-order valence-electron chi connectivity index (χ3n) is 3.44. The molecule has 1 N–H and O–H groups in total. The van der Waals surface area contributed by atoms with Gasteiger partial charge in [0.05, 0.1) is 6.54 Å². The average Bonchev–Trinajstić information content (AvgIpc) is 2.94. The zero-order chi connectivity index (χ0) is 18.6. The van der Waals surface area contributed by atoms with Crippen LogP contribution in [0, 0.1) is 13.8 Å². The monoisotopic (exact) mass is 365 g/mol. The molecule has 134 valence electrons. The maximum absolute atomic E-state index is 12.4. The minimum absolute atomic E-state index is 0.127. The third kappa shape index (κ3) is 5.22. The van der Waals surface area contributed by atoms with Crippen molar-refractivity contribution < 1.29 is 18.8 Å². The molecule has 1 heterocycles. The van der Waals surface area contributed by atoms with Crippen LogP contribution in [-0.2, 0) is 9.59 Å². The number of carbonyl (C=O) groups excluding carboxylic acids is 2. The van der Waals surface area contributed by atoms with Crippen LogP contribution < -0.4 is 10.1 Å². The molecule has 8 heteroatoms. The molecule has 0 radical (unpaired) electrons. The molecule has 0 aliphatic rings. The van der Waals surface area contributed by atoms with Gasteiger partial charge in [-0.3, -0.25) is 9.59 Å². The average molecular weight is 366 g/mol. The zero-order valence-corrected chi connectivity index (χ0v) is 15.3. The molecule has 0 bridgehead atoms. The Labute approximate surface area is 150 Å². The maximum Gasteiger partial charge on any atom is 0.263 e. The Morgan fingerprint density at radius 2 is 2.08 bits per heavy atom. The molecular formula is C17H20ClN3O4. The number of aromatic nitrogens is 1. The van der Waals surface area contributed by atoms with Gasteiger partial charge in [-0.15, -0.1) is 0 Å². The van der Waals surface area contributed by atoms with Crippen molar-refractivity contribution in [1.82, 2.24) is 10.1 Å². The summed E-state index contributed by atoms with van der Waals surface area (Å²) in [4.78, 5) is 25.6. The molecular weight excluding hydrogens is 346 g/mol. The standard InChI is InChI=1S/C17H20ClN3O4/c1-10-7-13(5-6-14(10)18)24-12(3)17(23)21(4)9-16(22)19-15-8-11(2)25-20-15/h5-8,12H,9H2,1-4H3,(H,19,20,22). The summed E-state index contributed by atoms with van der Waals surface area (Å²) >= 11 is 5.97. The van der Waals surface area contributed by atoms with Crippen LogP contribution in [-0.4, -0.2) is 41.6 Å². The van der Waals surface area contributed by atoms with E-state index >= 15 is 0 Å². The van der Waals surface area contributed by atoms with Gasteiger partial charge in [-0.25, -0.2) is 0 Å². The molecule has 7 nitrogen and oxygen atoms in total. The molecule has 2 rings (SSSR count). The van der Waals surface area contributed by atoms with Crippen molar-refractivity contribution in [2.24, 2.45) is 0 Å². The van der Waals surface area contributed by atoms with E-state index in [1.54, 1.807) is 38.1 Å². The van der Waals surface area contributed by atoms with Gasteiger partial charge in [0.1, 0.15) is 11.5 Å². The van der Waals surface area contributed by atoms with E-state index < -0.39 is 6.10 Å². The second-order valence-corrected chi connectivity index (χ2v) is 6.14. The lowest BCUT2D eigenvalue weighted by atomic mass is 10.2. The highest BCUT2D eigenvalue weighted by atomic mass is 35.5. The minimum Gasteiger partial charge on any atom is -0.481 e. The van der Waals surface area contributed by atoms with Crippen LogP contribution in [0.1, 0.15) is 18.2 Å². The van der Waals surface area contributed by atoms with Gasteiger partial charge in [-0.05, 0) is 44.5 Å². The van der Waals surface area contributed by atoms with Gasteiger partial charge in [0.2, 0.25) is 5.91 Å². The Morgan fingerprint density at radius 3 is 2.68 bits per heavy atom. The van der Waals surface area contributed by atoms with Crippen molar-refractivity contribution in [2.45, 2.75) is 26.9 Å². The van der Waals surface area contributed by atoms with E-state index in [0.717, 1.165) is 5.56 Å². The Hall–Kier alpha value is -2.54. The van der Waals surface area contributed by atoms with Gasteiger partial charge >= 0.3 is 0 Å². The number of rotatable bonds is 6. The van der Waals surface area contributed by atoms with E-state index in [-0.39, 0.29) is 18.4 Å². The van der Waals surface area contributed by atoms with Crippen LogP contribution in [0.4, 0.5) is 5.82 Å². The summed E-state index contributed by atoms with van der Waals surface area (Å²) in [5.41, 5.74) is 0.856. The van der Waals surface area contributed by atoms with Crippen LogP contribution >= 0.6 is 11.6 Å². The second-order valence-electron chi connectivity index (χ2n) is 5.74. The van der Waals surface area contributed by atoms with Crippen LogP contribution in [0.15, 0.2) is 28.8 Å². The van der Waals surface area contributed by atoms with E-state index in [2.05, 4.69) is 10.5 Å². The third-order valence-corrected chi connectivity index (χ3v) is 3.87. The van der Waals surface area contributed by atoms with E-state index in [1.165, 1.54) is 11.9 Å². The molecule has 0 saturated carbocycles. The van der Waals surface area contributed by atoms with E-state index in [0.29, 0.717) is 22.4 Å². The first kappa shape index (κ1) is 18.8. The van der Waals surface area contributed by atoms with Crippen LogP contribution in [0.3, 0.4) is 0 Å². The Kier molecular flexibility index (Phi) is 6.03. The number of anilines is 1. The molecule has 0 aliphatic carbocycles. The van der Waals surface area contributed by atoms with Gasteiger partial charge in [0.25, 0.3) is 5.91 Å². The van der Waals surface area contributed by atoms with Crippen LogP contribution in [0.25, 0.3) is 0 Å². The van der Waals surface area contributed by atoms with E-state index in [1.807, 2.05) is 6.92 Å². The summed E-state index contributed by atoms with van der Waals surface area (Å²) < 4.78 is 10.5. The number of nitrogens with one attached hydrogen (secondary N) is 1. The van der Waals surface area contributed by atoms with Crippen LogP contribution in [0.5, 0.6) is 5.75 Å². The smallest absolute Gasteiger partial charge is 0.263 e. The molecule has 0 saturated heterocycles. The summed E-state index contributed by atoms with van der Waals surface area (Å²) in [5, 5.41) is 6.85. The number of likely N-dealkylation sites (N-methyl/N-ethyl adjacent to an activating group) is 1. The highest BCUT2D eigenvalue weighted by molar-refractivity contribution is 6.31. The lowest BCUT2D eigenvalue weighted by molar-refractivity contribution is -0.139. The Morgan fingerprint density at radius 1 is 1.36 bits per heavy atom. The van der Waals surface area contributed by atoms with Gasteiger partial charge in [0.15, 0.2) is 11.9 Å². The molecule has 0 spiro atoms. The first-order chi connectivity index (χ1) is 11.8. The van der Waals surface area contributed by atoms with Crippen molar-refractivity contribution in [3.8, 4) is 5.75 Å². The summed E-state index contributed by atoms with van der Waals surface area (Å²) in [6, 6.07) is 6.75. The van der Waals surface area contributed by atoms with Crippen molar-refractivity contribution in [2.75, 3.05) is 18.9 Å². The first-order valence-corrected chi connectivity index (χ1v) is 8.05. The van der Waals surface area contributed by atoms with Gasteiger partial charge in [-0.1, -0.05) is 16.8 Å². The fourth-order valence-electron chi connectivity index (χ4n) is 2.16. The van der Waals surface area contributed by atoms with Gasteiger partial charge in [-0.2, -0.15) is 0 Å². The van der Waals surface area contributed by atoms with Crippen molar-refractivity contribution >= 4 is 29.2 Å². The number of benzene rings is 1. The molecule has 1 aromatic carbocycles.